The zero-order valence-corrected chi connectivity index (χ0v) is 11.1. The van der Waals surface area contributed by atoms with Crippen LogP contribution in [-0.4, -0.2) is 11.6 Å². The molecule has 0 aliphatic heterocycles. The highest BCUT2D eigenvalue weighted by Gasteiger charge is 2.09. The number of nitrogens with two attached hydrogens (primary N) is 1. The van der Waals surface area contributed by atoms with Crippen molar-refractivity contribution in [2.75, 3.05) is 17.7 Å². The molecule has 0 saturated heterocycles. The van der Waals surface area contributed by atoms with Gasteiger partial charge in [-0.15, -0.1) is 0 Å². The van der Waals surface area contributed by atoms with Gasteiger partial charge in [0.25, 0.3) is 6.01 Å². The minimum Gasteiger partial charge on any atom is -0.492 e. The van der Waals surface area contributed by atoms with Crippen molar-refractivity contribution in [1.29, 1.82) is 0 Å². The summed E-state index contributed by atoms with van der Waals surface area (Å²) < 4.78 is 11.2. The van der Waals surface area contributed by atoms with Crippen molar-refractivity contribution in [2.24, 2.45) is 0 Å². The third kappa shape index (κ3) is 2.38. The average Bonchev–Trinajstić information content (AvgIpc) is 2.82. The lowest BCUT2D eigenvalue weighted by atomic mass is 10.3. The van der Waals surface area contributed by atoms with Crippen molar-refractivity contribution < 1.29 is 9.15 Å². The van der Waals surface area contributed by atoms with E-state index >= 15 is 0 Å². The van der Waals surface area contributed by atoms with Gasteiger partial charge in [0.15, 0.2) is 5.58 Å². The minimum atomic E-state index is 0.415. The van der Waals surface area contributed by atoms with Gasteiger partial charge >= 0.3 is 0 Å². The van der Waals surface area contributed by atoms with Crippen LogP contribution in [0.2, 0.25) is 0 Å². The highest BCUT2D eigenvalue weighted by Crippen LogP contribution is 2.29. The molecule has 2 aromatic carbocycles. The van der Waals surface area contributed by atoms with Crippen LogP contribution in [0.5, 0.6) is 5.75 Å². The van der Waals surface area contributed by atoms with Crippen LogP contribution in [0.1, 0.15) is 6.92 Å². The van der Waals surface area contributed by atoms with Gasteiger partial charge in [-0.1, -0.05) is 12.1 Å². The number of nitrogen functional groups attached to an aromatic ring is 1. The molecule has 0 aliphatic rings. The molecule has 0 aliphatic carbocycles. The topological polar surface area (TPSA) is 73.3 Å². The van der Waals surface area contributed by atoms with Crippen LogP contribution in [0.3, 0.4) is 0 Å². The van der Waals surface area contributed by atoms with Gasteiger partial charge < -0.3 is 20.2 Å². The van der Waals surface area contributed by atoms with Gasteiger partial charge in [-0.2, -0.15) is 4.98 Å². The Labute approximate surface area is 116 Å². The summed E-state index contributed by atoms with van der Waals surface area (Å²) in [6.45, 7) is 2.54. The standard InChI is InChI=1S/C15H15N3O2/c1-2-19-13-6-4-3-5-11(13)17-15-18-12-8-7-10(16)9-14(12)20-15/h3-9H,2,16H2,1H3,(H,17,18). The number of benzene rings is 2. The maximum Gasteiger partial charge on any atom is 0.300 e. The summed E-state index contributed by atoms with van der Waals surface area (Å²) >= 11 is 0. The Morgan fingerprint density at radius 1 is 1.25 bits per heavy atom. The van der Waals surface area contributed by atoms with E-state index in [-0.39, 0.29) is 0 Å². The number of nitrogens with zero attached hydrogens (tertiary/aromatic N) is 1. The summed E-state index contributed by atoms with van der Waals surface area (Å²) in [7, 11) is 0. The fourth-order valence-corrected chi connectivity index (χ4v) is 1.96. The maximum atomic E-state index is 5.72. The van der Waals surface area contributed by atoms with E-state index in [0.717, 1.165) is 17.0 Å². The summed E-state index contributed by atoms with van der Waals surface area (Å²) in [5.74, 6) is 0.761. The molecule has 3 rings (SSSR count). The third-order valence-electron chi connectivity index (χ3n) is 2.84. The second-order valence-corrected chi connectivity index (χ2v) is 4.30. The first-order valence-corrected chi connectivity index (χ1v) is 6.41. The molecule has 1 aromatic heterocycles. The predicted molar refractivity (Wildman–Crippen MR) is 79.3 cm³/mol. The number of ether oxygens (including phenoxy) is 1. The first kappa shape index (κ1) is 12.3. The number of aromatic nitrogens is 1. The lowest BCUT2D eigenvalue weighted by Crippen LogP contribution is -1.97. The van der Waals surface area contributed by atoms with Crippen LogP contribution in [0.25, 0.3) is 11.1 Å². The Balaban J connectivity index is 1.93. The number of nitrogens with one attached hydrogen (secondary N) is 1. The van der Waals surface area contributed by atoms with Crippen LogP contribution >= 0.6 is 0 Å². The fraction of sp³-hybridized carbons (Fsp3) is 0.133. The second-order valence-electron chi connectivity index (χ2n) is 4.30. The van der Waals surface area contributed by atoms with Gasteiger partial charge in [-0.25, -0.2) is 0 Å². The predicted octanol–water partition coefficient (Wildman–Crippen LogP) is 3.55. The van der Waals surface area contributed by atoms with Crippen molar-refractivity contribution in [3.05, 3.63) is 42.5 Å². The maximum absolute atomic E-state index is 5.72. The molecule has 0 atom stereocenters. The minimum absolute atomic E-state index is 0.415. The molecule has 0 spiro atoms. The lowest BCUT2D eigenvalue weighted by molar-refractivity contribution is 0.342. The SMILES string of the molecule is CCOc1ccccc1Nc1nc2ccc(N)cc2o1. The number of rotatable bonds is 4. The number of hydrogen-bond donors (Lipinski definition) is 2. The first-order chi connectivity index (χ1) is 9.76. The Hall–Kier alpha value is -2.69. The van der Waals surface area contributed by atoms with E-state index in [1.54, 1.807) is 12.1 Å². The molecular weight excluding hydrogens is 254 g/mol. The van der Waals surface area contributed by atoms with Crippen molar-refractivity contribution in [3.63, 3.8) is 0 Å². The molecule has 0 unspecified atom stereocenters. The zero-order valence-electron chi connectivity index (χ0n) is 11.1. The van der Waals surface area contributed by atoms with Crippen LogP contribution in [0, 0.1) is 0 Å². The van der Waals surface area contributed by atoms with Crippen LogP contribution in [-0.2, 0) is 0 Å². The van der Waals surface area contributed by atoms with Gasteiger partial charge in [0.1, 0.15) is 11.3 Å². The molecule has 0 fully saturated rings. The van der Waals surface area contributed by atoms with Gasteiger partial charge in [-0.3, -0.25) is 0 Å². The van der Waals surface area contributed by atoms with Crippen LogP contribution in [0.15, 0.2) is 46.9 Å². The third-order valence-corrected chi connectivity index (χ3v) is 2.84. The molecule has 0 radical (unpaired) electrons. The quantitative estimate of drug-likeness (QED) is 0.708. The Morgan fingerprint density at radius 3 is 2.95 bits per heavy atom. The van der Waals surface area contributed by atoms with E-state index in [9.17, 15) is 0 Å². The Kier molecular flexibility index (Phi) is 3.16. The van der Waals surface area contributed by atoms with Crippen LogP contribution in [0.4, 0.5) is 17.4 Å². The lowest BCUT2D eigenvalue weighted by Gasteiger charge is -2.09. The molecule has 5 nitrogen and oxygen atoms in total. The number of para-hydroxylation sites is 2. The molecular formula is C15H15N3O2. The summed E-state index contributed by atoms with van der Waals surface area (Å²) in [5, 5.41) is 3.12. The molecule has 5 heteroatoms. The van der Waals surface area contributed by atoms with E-state index in [1.165, 1.54) is 0 Å². The van der Waals surface area contributed by atoms with Crippen molar-refractivity contribution in [2.45, 2.75) is 6.92 Å². The Morgan fingerprint density at radius 2 is 2.10 bits per heavy atom. The monoisotopic (exact) mass is 269 g/mol. The highest BCUT2D eigenvalue weighted by atomic mass is 16.5. The number of anilines is 3. The van der Waals surface area contributed by atoms with Crippen LogP contribution < -0.4 is 15.8 Å². The molecule has 0 bridgehead atoms. The molecule has 0 amide bonds. The van der Waals surface area contributed by atoms with E-state index in [2.05, 4.69) is 10.3 Å². The van der Waals surface area contributed by atoms with Gasteiger partial charge in [-0.05, 0) is 31.2 Å². The number of fused-ring (bicyclic) bond motifs is 1. The van der Waals surface area contributed by atoms with Crippen molar-refractivity contribution >= 4 is 28.5 Å². The van der Waals surface area contributed by atoms with Gasteiger partial charge in [0, 0.05) is 11.8 Å². The summed E-state index contributed by atoms with van der Waals surface area (Å²) in [4.78, 5) is 4.36. The zero-order chi connectivity index (χ0) is 13.9. The van der Waals surface area contributed by atoms with E-state index in [4.69, 9.17) is 14.9 Å². The Bertz CT molecular complexity index is 737. The van der Waals surface area contributed by atoms with Gasteiger partial charge in [0.05, 0.1) is 12.3 Å². The molecule has 0 saturated carbocycles. The van der Waals surface area contributed by atoms with Crippen molar-refractivity contribution in [3.8, 4) is 5.75 Å². The molecule has 20 heavy (non-hydrogen) atoms. The second kappa shape index (κ2) is 5.13. The van der Waals surface area contributed by atoms with Crippen molar-refractivity contribution in [1.82, 2.24) is 4.98 Å². The van der Waals surface area contributed by atoms with E-state index in [1.807, 2.05) is 37.3 Å². The normalized spacial score (nSPS) is 10.7. The fourth-order valence-electron chi connectivity index (χ4n) is 1.96. The van der Waals surface area contributed by atoms with Gasteiger partial charge in [0.2, 0.25) is 0 Å². The number of hydrogen-bond acceptors (Lipinski definition) is 5. The first-order valence-electron chi connectivity index (χ1n) is 6.41. The van der Waals surface area contributed by atoms with E-state index < -0.39 is 0 Å². The molecule has 1 heterocycles. The molecule has 102 valence electrons. The highest BCUT2D eigenvalue weighted by molar-refractivity contribution is 5.79. The van der Waals surface area contributed by atoms with E-state index in [0.29, 0.717) is 23.9 Å². The molecule has 3 N–H and O–H groups in total. The smallest absolute Gasteiger partial charge is 0.300 e. The average molecular weight is 269 g/mol. The number of oxazole rings is 1. The summed E-state index contributed by atoms with van der Waals surface area (Å²) in [5.41, 5.74) is 8.60. The summed E-state index contributed by atoms with van der Waals surface area (Å²) in [6.07, 6.45) is 0. The largest absolute Gasteiger partial charge is 0.492 e. The summed E-state index contributed by atoms with van der Waals surface area (Å²) in [6, 6.07) is 13.4. The molecule has 3 aromatic rings.